The van der Waals surface area contributed by atoms with Crippen molar-refractivity contribution in [3.63, 3.8) is 0 Å². The summed E-state index contributed by atoms with van der Waals surface area (Å²) < 4.78 is 4.62. The maximum Gasteiger partial charge on any atom is 0.306 e. The molecule has 0 rings (SSSR count). The first-order chi connectivity index (χ1) is 15.2. The Balaban J connectivity index is 4.32. The molecule has 0 atom stereocenters. The van der Waals surface area contributed by atoms with Crippen LogP contribution in [0.1, 0.15) is 33.1 Å². The number of methoxy groups -OCH3 is 1. The van der Waals surface area contributed by atoms with Crippen LogP contribution in [0.15, 0.2) is 0 Å². The molecule has 12 heteroatoms. The molecule has 0 spiro atoms. The van der Waals surface area contributed by atoms with Crippen molar-refractivity contribution in [3.05, 3.63) is 0 Å². The monoisotopic (exact) mass is 475 g/mol. The molecule has 0 aliphatic rings. The summed E-state index contributed by atoms with van der Waals surface area (Å²) in [7, 11) is 1.36. The zero-order valence-corrected chi connectivity index (χ0v) is 20.1. The van der Waals surface area contributed by atoms with E-state index in [0.717, 1.165) is 5.75 Å². The number of carbonyl (C=O) groups excluding carboxylic acids is 5. The summed E-state index contributed by atoms with van der Waals surface area (Å²) in [5.41, 5.74) is 0. The lowest BCUT2D eigenvalue weighted by Gasteiger charge is -2.22. The third-order valence-electron chi connectivity index (χ3n) is 4.18. The molecule has 0 aromatic heterocycles. The Hall–Kier alpha value is -2.34. The first-order valence-electron chi connectivity index (χ1n) is 10.6. The topological polar surface area (TPSA) is 146 Å². The molecule has 0 heterocycles. The molecule has 0 unspecified atom stereocenters. The van der Waals surface area contributed by atoms with Gasteiger partial charge in [0.15, 0.2) is 0 Å². The van der Waals surface area contributed by atoms with E-state index < -0.39 is 0 Å². The minimum atomic E-state index is -0.249. The number of rotatable bonds is 18. The molecule has 4 amide bonds. The van der Waals surface area contributed by atoms with E-state index in [0.29, 0.717) is 58.0 Å². The first kappa shape index (κ1) is 29.7. The van der Waals surface area contributed by atoms with E-state index >= 15 is 0 Å². The third kappa shape index (κ3) is 19.6. The summed E-state index contributed by atoms with van der Waals surface area (Å²) in [4.78, 5) is 58.9. The highest BCUT2D eigenvalue weighted by Gasteiger charge is 2.11. The quantitative estimate of drug-likeness (QED) is 0.144. The van der Waals surface area contributed by atoms with Gasteiger partial charge in [-0.25, -0.2) is 0 Å². The van der Waals surface area contributed by atoms with Gasteiger partial charge in [0.2, 0.25) is 23.6 Å². The van der Waals surface area contributed by atoms with Gasteiger partial charge >= 0.3 is 5.97 Å². The number of esters is 1. The molecule has 0 fully saturated rings. The van der Waals surface area contributed by atoms with Crippen molar-refractivity contribution in [3.8, 4) is 0 Å². The van der Waals surface area contributed by atoms with E-state index in [2.05, 4.69) is 26.0 Å². The smallest absolute Gasteiger partial charge is 0.306 e. The van der Waals surface area contributed by atoms with Crippen molar-refractivity contribution < 1.29 is 28.7 Å². The van der Waals surface area contributed by atoms with Crippen LogP contribution in [0.5, 0.6) is 0 Å². The second-order valence-corrected chi connectivity index (χ2v) is 8.17. The normalized spacial score (nSPS) is 10.4. The van der Waals surface area contributed by atoms with Gasteiger partial charge in [0, 0.05) is 84.0 Å². The zero-order chi connectivity index (χ0) is 24.2. The Morgan fingerprint density at radius 1 is 0.688 bits per heavy atom. The summed E-state index contributed by atoms with van der Waals surface area (Å²) in [5.74, 6) is 0.605. The average Bonchev–Trinajstić information content (AvgIpc) is 2.74. The van der Waals surface area contributed by atoms with Gasteiger partial charge in [-0.2, -0.15) is 11.8 Å². The average molecular weight is 476 g/mol. The SMILES string of the molecule is COC(=O)CCSCCN(CCC(=O)NCCNC(C)=O)CCC(=O)NCCNC(C)=O. The molecule has 0 aliphatic heterocycles. The Labute approximate surface area is 194 Å². The highest BCUT2D eigenvalue weighted by Crippen LogP contribution is 2.05. The fraction of sp³-hybridized carbons (Fsp3) is 0.750. The molecule has 32 heavy (non-hydrogen) atoms. The van der Waals surface area contributed by atoms with Gasteiger partial charge in [-0.1, -0.05) is 0 Å². The number of ether oxygens (including phenoxy) is 1. The molecule has 184 valence electrons. The maximum atomic E-state index is 12.0. The van der Waals surface area contributed by atoms with Gasteiger partial charge in [0.1, 0.15) is 0 Å². The van der Waals surface area contributed by atoms with E-state index in [1.165, 1.54) is 21.0 Å². The van der Waals surface area contributed by atoms with Gasteiger partial charge in [-0.3, -0.25) is 24.0 Å². The van der Waals surface area contributed by atoms with Crippen molar-refractivity contribution in [2.75, 3.05) is 64.4 Å². The molecule has 0 aromatic carbocycles. The molecular formula is C20H37N5O6S. The summed E-state index contributed by atoms with van der Waals surface area (Å²) in [6.45, 7) is 5.95. The summed E-state index contributed by atoms with van der Waals surface area (Å²) >= 11 is 1.61. The number of thioether (sulfide) groups is 1. The largest absolute Gasteiger partial charge is 0.469 e. The van der Waals surface area contributed by atoms with Crippen LogP contribution < -0.4 is 21.3 Å². The number of carbonyl (C=O) groups is 5. The van der Waals surface area contributed by atoms with Crippen molar-refractivity contribution in [2.24, 2.45) is 0 Å². The van der Waals surface area contributed by atoms with Crippen molar-refractivity contribution in [2.45, 2.75) is 33.1 Å². The predicted octanol–water partition coefficient (Wildman–Crippen LogP) is -1.13. The standard InChI is InChI=1S/C20H37N5O6S/c1-16(26)21-7-9-23-18(28)4-11-25(13-15-32-14-6-20(30)31-3)12-5-19(29)24-10-8-22-17(2)27/h4-15H2,1-3H3,(H,21,26)(H,22,27)(H,23,28)(H,24,29). The molecule has 0 bridgehead atoms. The highest BCUT2D eigenvalue weighted by atomic mass is 32.2. The Morgan fingerprint density at radius 2 is 1.16 bits per heavy atom. The van der Waals surface area contributed by atoms with E-state index in [4.69, 9.17) is 0 Å². The molecule has 0 radical (unpaired) electrons. The number of amides is 4. The van der Waals surface area contributed by atoms with Crippen LogP contribution in [-0.2, 0) is 28.7 Å². The van der Waals surface area contributed by atoms with Gasteiger partial charge < -0.3 is 30.9 Å². The van der Waals surface area contributed by atoms with Crippen LogP contribution in [-0.4, -0.2) is 98.9 Å². The Morgan fingerprint density at radius 3 is 1.59 bits per heavy atom. The van der Waals surface area contributed by atoms with Crippen molar-refractivity contribution >= 4 is 41.4 Å². The molecule has 0 saturated carbocycles. The molecule has 0 aromatic rings. The van der Waals surface area contributed by atoms with Gasteiger partial charge in [-0.15, -0.1) is 0 Å². The first-order valence-corrected chi connectivity index (χ1v) is 11.8. The molecule has 0 aliphatic carbocycles. The van der Waals surface area contributed by atoms with Crippen LogP contribution in [0.2, 0.25) is 0 Å². The second-order valence-electron chi connectivity index (χ2n) is 6.95. The van der Waals surface area contributed by atoms with Crippen molar-refractivity contribution in [1.29, 1.82) is 0 Å². The van der Waals surface area contributed by atoms with Crippen LogP contribution in [0.4, 0.5) is 0 Å². The summed E-state index contributed by atoms with van der Waals surface area (Å²) in [6, 6.07) is 0. The van der Waals surface area contributed by atoms with E-state index in [-0.39, 0.29) is 42.4 Å². The van der Waals surface area contributed by atoms with E-state index in [9.17, 15) is 24.0 Å². The number of nitrogens with zero attached hydrogens (tertiary/aromatic N) is 1. The zero-order valence-electron chi connectivity index (χ0n) is 19.3. The Bertz CT molecular complexity index is 567. The second kappa shape index (κ2) is 19.4. The molecule has 4 N–H and O–H groups in total. The summed E-state index contributed by atoms with van der Waals surface area (Å²) in [5, 5.41) is 10.7. The fourth-order valence-electron chi connectivity index (χ4n) is 2.47. The minimum Gasteiger partial charge on any atom is -0.469 e. The summed E-state index contributed by atoms with van der Waals surface area (Å²) in [6.07, 6.45) is 0.892. The van der Waals surface area contributed by atoms with E-state index in [1.807, 2.05) is 4.90 Å². The fourth-order valence-corrected chi connectivity index (χ4v) is 3.37. The van der Waals surface area contributed by atoms with Gasteiger partial charge in [-0.05, 0) is 0 Å². The molecule has 0 saturated heterocycles. The van der Waals surface area contributed by atoms with Gasteiger partial charge in [0.25, 0.3) is 0 Å². The third-order valence-corrected chi connectivity index (χ3v) is 5.15. The lowest BCUT2D eigenvalue weighted by Crippen LogP contribution is -2.38. The lowest BCUT2D eigenvalue weighted by atomic mass is 10.3. The number of nitrogens with one attached hydrogen (secondary N) is 4. The molecule has 11 nitrogen and oxygen atoms in total. The van der Waals surface area contributed by atoms with Crippen LogP contribution >= 0.6 is 11.8 Å². The van der Waals surface area contributed by atoms with E-state index in [1.54, 1.807) is 11.8 Å². The maximum absolute atomic E-state index is 12.0. The van der Waals surface area contributed by atoms with Crippen LogP contribution in [0.3, 0.4) is 0 Å². The minimum absolute atomic E-state index is 0.126. The van der Waals surface area contributed by atoms with Crippen LogP contribution in [0, 0.1) is 0 Å². The van der Waals surface area contributed by atoms with Gasteiger partial charge in [0.05, 0.1) is 13.5 Å². The molecular weight excluding hydrogens is 438 g/mol. The highest BCUT2D eigenvalue weighted by molar-refractivity contribution is 7.99. The van der Waals surface area contributed by atoms with Crippen LogP contribution in [0.25, 0.3) is 0 Å². The lowest BCUT2D eigenvalue weighted by molar-refractivity contribution is -0.140. The number of hydrogen-bond acceptors (Lipinski definition) is 8. The van der Waals surface area contributed by atoms with Crippen molar-refractivity contribution in [1.82, 2.24) is 26.2 Å². The number of hydrogen-bond donors (Lipinski definition) is 4. The Kier molecular flexibility index (Phi) is 17.9. The predicted molar refractivity (Wildman–Crippen MR) is 123 cm³/mol.